The van der Waals surface area contributed by atoms with Gasteiger partial charge in [0.05, 0.1) is 13.2 Å². The van der Waals surface area contributed by atoms with Gasteiger partial charge in [-0.3, -0.25) is 4.90 Å². The van der Waals surface area contributed by atoms with Gasteiger partial charge in [-0.1, -0.05) is 0 Å². The standard InChI is InChI=1S/C18H30N6O/c1-2-16(13-19-3-1)14-22-4-6-23(7-5-22)17-12-18(21-15-20-17)24-8-10-25-11-9-24/h12,15-16,19H,1-11,13-14H2. The van der Waals surface area contributed by atoms with Gasteiger partial charge < -0.3 is 19.9 Å². The van der Waals surface area contributed by atoms with Crippen LogP contribution in [-0.4, -0.2) is 87.0 Å². The molecule has 1 aromatic heterocycles. The summed E-state index contributed by atoms with van der Waals surface area (Å²) < 4.78 is 5.44. The van der Waals surface area contributed by atoms with Gasteiger partial charge in [-0.15, -0.1) is 0 Å². The molecule has 3 aliphatic rings. The molecule has 4 rings (SSSR count). The molecule has 25 heavy (non-hydrogen) atoms. The number of morpholine rings is 1. The summed E-state index contributed by atoms with van der Waals surface area (Å²) in [5.74, 6) is 2.92. The zero-order valence-electron chi connectivity index (χ0n) is 15.1. The highest BCUT2D eigenvalue weighted by Crippen LogP contribution is 2.20. The first-order valence-corrected chi connectivity index (χ1v) is 9.71. The quantitative estimate of drug-likeness (QED) is 0.849. The van der Waals surface area contributed by atoms with E-state index in [-0.39, 0.29) is 0 Å². The van der Waals surface area contributed by atoms with E-state index in [0.29, 0.717) is 0 Å². The Hall–Kier alpha value is -1.44. The third kappa shape index (κ3) is 4.40. The summed E-state index contributed by atoms with van der Waals surface area (Å²) >= 11 is 0. The fraction of sp³-hybridized carbons (Fsp3) is 0.778. The second kappa shape index (κ2) is 8.29. The Kier molecular flexibility index (Phi) is 5.64. The fourth-order valence-electron chi connectivity index (χ4n) is 4.08. The van der Waals surface area contributed by atoms with Gasteiger partial charge in [0.15, 0.2) is 0 Å². The van der Waals surface area contributed by atoms with Gasteiger partial charge >= 0.3 is 0 Å². The Labute approximate surface area is 150 Å². The predicted molar refractivity (Wildman–Crippen MR) is 99.3 cm³/mol. The summed E-state index contributed by atoms with van der Waals surface area (Å²) in [6.45, 7) is 11.4. The maximum Gasteiger partial charge on any atom is 0.134 e. The number of piperidine rings is 1. The summed E-state index contributed by atoms with van der Waals surface area (Å²) in [5, 5.41) is 3.53. The molecule has 7 nitrogen and oxygen atoms in total. The molecular formula is C18H30N6O. The van der Waals surface area contributed by atoms with E-state index in [9.17, 15) is 0 Å². The maximum atomic E-state index is 5.44. The number of piperazine rings is 1. The monoisotopic (exact) mass is 346 g/mol. The number of hydrogen-bond acceptors (Lipinski definition) is 7. The van der Waals surface area contributed by atoms with Crippen LogP contribution in [-0.2, 0) is 4.74 Å². The number of hydrogen-bond donors (Lipinski definition) is 1. The summed E-state index contributed by atoms with van der Waals surface area (Å²) in [6.07, 6.45) is 4.41. The van der Waals surface area contributed by atoms with E-state index in [0.717, 1.165) is 70.0 Å². The van der Waals surface area contributed by atoms with Crippen LogP contribution in [0.1, 0.15) is 12.8 Å². The van der Waals surface area contributed by atoms with Crippen molar-refractivity contribution in [2.75, 3.05) is 81.9 Å². The lowest BCUT2D eigenvalue weighted by Crippen LogP contribution is -2.49. The fourth-order valence-corrected chi connectivity index (χ4v) is 4.08. The average Bonchev–Trinajstić information content (AvgIpc) is 2.70. The van der Waals surface area contributed by atoms with Crippen LogP contribution in [0.5, 0.6) is 0 Å². The molecule has 0 bridgehead atoms. The normalized spacial score (nSPS) is 26.0. The van der Waals surface area contributed by atoms with Crippen LogP contribution in [0.4, 0.5) is 11.6 Å². The molecule has 4 heterocycles. The first-order chi connectivity index (χ1) is 12.4. The molecule has 0 aromatic carbocycles. The third-order valence-electron chi connectivity index (χ3n) is 5.58. The lowest BCUT2D eigenvalue weighted by Gasteiger charge is -2.38. The van der Waals surface area contributed by atoms with E-state index < -0.39 is 0 Å². The molecule has 3 saturated heterocycles. The van der Waals surface area contributed by atoms with Crippen molar-refractivity contribution in [1.29, 1.82) is 0 Å². The minimum Gasteiger partial charge on any atom is -0.378 e. The molecule has 0 aliphatic carbocycles. The molecular weight excluding hydrogens is 316 g/mol. The van der Waals surface area contributed by atoms with Gasteiger partial charge in [-0.05, 0) is 31.8 Å². The Bertz CT molecular complexity index is 536. The van der Waals surface area contributed by atoms with E-state index in [1.807, 2.05) is 0 Å². The SMILES string of the molecule is c1nc(N2CCOCC2)cc(N2CCN(CC3CCCNC3)CC2)n1. The number of rotatable bonds is 4. The van der Waals surface area contributed by atoms with Gasteiger partial charge in [0.25, 0.3) is 0 Å². The van der Waals surface area contributed by atoms with E-state index >= 15 is 0 Å². The van der Waals surface area contributed by atoms with Crippen LogP contribution in [0.2, 0.25) is 0 Å². The van der Waals surface area contributed by atoms with Gasteiger partial charge in [-0.2, -0.15) is 0 Å². The maximum absolute atomic E-state index is 5.44. The first-order valence-electron chi connectivity index (χ1n) is 9.71. The van der Waals surface area contributed by atoms with Crippen molar-refractivity contribution in [3.63, 3.8) is 0 Å². The minimum absolute atomic E-state index is 0.786. The molecule has 1 N–H and O–H groups in total. The largest absolute Gasteiger partial charge is 0.378 e. The highest BCUT2D eigenvalue weighted by Gasteiger charge is 2.23. The Morgan fingerprint density at radius 3 is 2.40 bits per heavy atom. The summed E-state index contributed by atoms with van der Waals surface area (Å²) in [4.78, 5) is 16.3. The predicted octanol–water partition coefficient (Wildman–Crippen LogP) is 0.435. The van der Waals surface area contributed by atoms with Crippen LogP contribution >= 0.6 is 0 Å². The molecule has 1 unspecified atom stereocenters. The van der Waals surface area contributed by atoms with Crippen molar-refractivity contribution in [3.05, 3.63) is 12.4 Å². The number of nitrogens with zero attached hydrogens (tertiary/aromatic N) is 5. The number of ether oxygens (including phenoxy) is 1. The van der Waals surface area contributed by atoms with Crippen LogP contribution in [0, 0.1) is 5.92 Å². The van der Waals surface area contributed by atoms with Gasteiger partial charge in [0.2, 0.25) is 0 Å². The lowest BCUT2D eigenvalue weighted by molar-refractivity contribution is 0.122. The molecule has 3 fully saturated rings. The second-order valence-corrected chi connectivity index (χ2v) is 7.33. The van der Waals surface area contributed by atoms with Crippen molar-refractivity contribution in [2.24, 2.45) is 5.92 Å². The van der Waals surface area contributed by atoms with Crippen LogP contribution < -0.4 is 15.1 Å². The highest BCUT2D eigenvalue weighted by molar-refractivity contribution is 5.50. The van der Waals surface area contributed by atoms with Crippen molar-refractivity contribution in [3.8, 4) is 0 Å². The van der Waals surface area contributed by atoms with Gasteiger partial charge in [-0.25, -0.2) is 9.97 Å². The van der Waals surface area contributed by atoms with E-state index in [4.69, 9.17) is 4.74 Å². The number of aromatic nitrogens is 2. The van der Waals surface area contributed by atoms with Crippen molar-refractivity contribution in [2.45, 2.75) is 12.8 Å². The van der Waals surface area contributed by atoms with Crippen LogP contribution in [0.3, 0.4) is 0 Å². The van der Waals surface area contributed by atoms with Crippen molar-refractivity contribution < 1.29 is 4.74 Å². The summed E-state index contributed by atoms with van der Waals surface area (Å²) in [5.41, 5.74) is 0. The molecule has 0 spiro atoms. The first kappa shape index (κ1) is 17.0. The Morgan fingerprint density at radius 2 is 1.72 bits per heavy atom. The van der Waals surface area contributed by atoms with Crippen molar-refractivity contribution >= 4 is 11.6 Å². The Balaban J connectivity index is 1.31. The van der Waals surface area contributed by atoms with Crippen LogP contribution in [0.25, 0.3) is 0 Å². The third-order valence-corrected chi connectivity index (χ3v) is 5.58. The zero-order chi connectivity index (χ0) is 16.9. The number of anilines is 2. The zero-order valence-corrected chi connectivity index (χ0v) is 15.1. The Morgan fingerprint density at radius 1 is 1.00 bits per heavy atom. The topological polar surface area (TPSA) is 56.8 Å². The van der Waals surface area contributed by atoms with Crippen molar-refractivity contribution in [1.82, 2.24) is 20.2 Å². The smallest absolute Gasteiger partial charge is 0.134 e. The van der Waals surface area contributed by atoms with E-state index in [1.165, 1.54) is 32.5 Å². The highest BCUT2D eigenvalue weighted by atomic mass is 16.5. The molecule has 3 aliphatic heterocycles. The number of nitrogens with one attached hydrogen (secondary N) is 1. The molecule has 0 radical (unpaired) electrons. The molecule has 0 saturated carbocycles. The summed E-state index contributed by atoms with van der Waals surface area (Å²) in [7, 11) is 0. The molecule has 7 heteroatoms. The summed E-state index contributed by atoms with van der Waals surface area (Å²) in [6, 6.07) is 2.14. The van der Waals surface area contributed by atoms with Crippen LogP contribution in [0.15, 0.2) is 12.4 Å². The average molecular weight is 346 g/mol. The molecule has 1 atom stereocenters. The lowest BCUT2D eigenvalue weighted by atomic mass is 9.99. The minimum atomic E-state index is 0.786. The van der Waals surface area contributed by atoms with Gasteiger partial charge in [0, 0.05) is 51.9 Å². The molecule has 138 valence electrons. The second-order valence-electron chi connectivity index (χ2n) is 7.33. The molecule has 0 amide bonds. The van der Waals surface area contributed by atoms with Gasteiger partial charge in [0.1, 0.15) is 18.0 Å². The van der Waals surface area contributed by atoms with E-state index in [1.54, 1.807) is 6.33 Å². The van der Waals surface area contributed by atoms with E-state index in [2.05, 4.69) is 36.1 Å². The molecule has 1 aromatic rings.